The number of carboxylic acid groups (broad SMARTS) is 1. The molecule has 1 saturated heterocycles. The number of nitrogens with zero attached hydrogens (tertiary/aromatic N) is 5. The van der Waals surface area contributed by atoms with Crippen molar-refractivity contribution in [3.63, 3.8) is 0 Å². The SMILES string of the molecule is COc1ccccc1-c1nnc2n(Cc3cccc(NC(=O)N4CCC(C(=O)O)CC4)c3)c(=O)c3ccccc3n12. The molecule has 0 radical (unpaired) electrons. The normalized spacial score (nSPS) is 13.9. The van der Waals surface area contributed by atoms with Crippen LogP contribution in [0.3, 0.4) is 0 Å². The molecule has 0 unspecified atom stereocenters. The number of fused-ring (bicyclic) bond motifs is 3. The maximum absolute atomic E-state index is 13.7. The first-order valence-electron chi connectivity index (χ1n) is 13.3. The van der Waals surface area contributed by atoms with E-state index in [1.54, 1.807) is 28.7 Å². The molecule has 2 N–H and O–H groups in total. The minimum absolute atomic E-state index is 0.199. The van der Waals surface area contributed by atoms with E-state index in [-0.39, 0.29) is 18.1 Å². The van der Waals surface area contributed by atoms with Gasteiger partial charge in [-0.3, -0.25) is 18.6 Å². The fourth-order valence-electron chi connectivity index (χ4n) is 5.37. The number of urea groups is 1. The molecular formula is C30H28N6O5. The second kappa shape index (κ2) is 10.8. The molecule has 3 aromatic carbocycles. The van der Waals surface area contributed by atoms with Gasteiger partial charge < -0.3 is 20.1 Å². The summed E-state index contributed by atoms with van der Waals surface area (Å²) in [4.78, 5) is 39.4. The third kappa shape index (κ3) is 4.86. The zero-order chi connectivity index (χ0) is 28.5. The predicted molar refractivity (Wildman–Crippen MR) is 153 cm³/mol. The second-order valence-corrected chi connectivity index (χ2v) is 10.00. The summed E-state index contributed by atoms with van der Waals surface area (Å²) in [6.45, 7) is 0.966. The van der Waals surface area contributed by atoms with E-state index in [1.165, 1.54) is 0 Å². The molecular weight excluding hydrogens is 524 g/mol. The largest absolute Gasteiger partial charge is 0.496 e. The Balaban J connectivity index is 1.34. The summed E-state index contributed by atoms with van der Waals surface area (Å²) >= 11 is 0. The van der Waals surface area contributed by atoms with Gasteiger partial charge in [-0.2, -0.15) is 0 Å². The van der Waals surface area contributed by atoms with Gasteiger partial charge in [0.05, 0.1) is 36.0 Å². The molecule has 0 aliphatic carbocycles. The Labute approximate surface area is 234 Å². The molecule has 3 heterocycles. The van der Waals surface area contributed by atoms with E-state index in [9.17, 15) is 19.5 Å². The lowest BCUT2D eigenvalue weighted by Crippen LogP contribution is -2.42. The first-order chi connectivity index (χ1) is 19.9. The Kier molecular flexibility index (Phi) is 6.84. The van der Waals surface area contributed by atoms with Crippen molar-refractivity contribution in [2.24, 2.45) is 5.92 Å². The molecule has 41 heavy (non-hydrogen) atoms. The van der Waals surface area contributed by atoms with Gasteiger partial charge in [-0.1, -0.05) is 36.4 Å². The van der Waals surface area contributed by atoms with Crippen LogP contribution in [0.15, 0.2) is 77.6 Å². The first kappa shape index (κ1) is 26.1. The molecule has 11 heteroatoms. The number of aliphatic carboxylic acids is 1. The fraction of sp³-hybridized carbons (Fsp3) is 0.233. The topological polar surface area (TPSA) is 131 Å². The molecule has 0 spiro atoms. The first-order valence-corrected chi connectivity index (χ1v) is 13.3. The van der Waals surface area contributed by atoms with Crippen LogP contribution in [0.25, 0.3) is 28.1 Å². The summed E-state index contributed by atoms with van der Waals surface area (Å²) in [6.07, 6.45) is 0.859. The highest BCUT2D eigenvalue weighted by Crippen LogP contribution is 2.30. The third-order valence-corrected chi connectivity index (χ3v) is 7.51. The maximum Gasteiger partial charge on any atom is 0.321 e. The minimum atomic E-state index is -0.821. The molecule has 11 nitrogen and oxygen atoms in total. The molecule has 1 aliphatic heterocycles. The van der Waals surface area contributed by atoms with Crippen molar-refractivity contribution < 1.29 is 19.4 Å². The highest BCUT2D eigenvalue weighted by molar-refractivity contribution is 5.89. The quantitative estimate of drug-likeness (QED) is 0.324. The number of ether oxygens (including phenoxy) is 1. The van der Waals surface area contributed by atoms with Crippen molar-refractivity contribution >= 4 is 34.4 Å². The summed E-state index contributed by atoms with van der Waals surface area (Å²) in [6, 6.07) is 21.9. The van der Waals surface area contributed by atoms with E-state index in [1.807, 2.05) is 65.1 Å². The van der Waals surface area contributed by atoms with Gasteiger partial charge >= 0.3 is 12.0 Å². The Hall–Kier alpha value is -5.19. The molecule has 2 aromatic heterocycles. The monoisotopic (exact) mass is 552 g/mol. The maximum atomic E-state index is 13.7. The van der Waals surface area contributed by atoms with Crippen LogP contribution in [-0.4, -0.2) is 61.4 Å². The lowest BCUT2D eigenvalue weighted by Gasteiger charge is -2.30. The number of carboxylic acids is 1. The number of hydrogen-bond acceptors (Lipinski definition) is 6. The molecule has 0 atom stereocenters. The summed E-state index contributed by atoms with van der Waals surface area (Å²) in [5, 5.41) is 21.5. The van der Waals surface area contributed by atoms with Gasteiger partial charge in [0.1, 0.15) is 5.75 Å². The van der Waals surface area contributed by atoms with Crippen molar-refractivity contribution in [2.45, 2.75) is 19.4 Å². The van der Waals surface area contributed by atoms with Crippen LogP contribution in [0.1, 0.15) is 18.4 Å². The molecule has 208 valence electrons. The van der Waals surface area contributed by atoms with Crippen LogP contribution in [0.4, 0.5) is 10.5 Å². The second-order valence-electron chi connectivity index (χ2n) is 10.00. The minimum Gasteiger partial charge on any atom is -0.496 e. The molecule has 6 rings (SSSR count). The van der Waals surface area contributed by atoms with Crippen LogP contribution >= 0.6 is 0 Å². The number of amides is 2. The number of benzene rings is 3. The Morgan fingerprint density at radius 1 is 1.00 bits per heavy atom. The smallest absolute Gasteiger partial charge is 0.321 e. The molecule has 1 fully saturated rings. The number of para-hydroxylation sites is 2. The number of likely N-dealkylation sites (tertiary alicyclic amines) is 1. The zero-order valence-electron chi connectivity index (χ0n) is 22.4. The van der Waals surface area contributed by atoms with E-state index in [2.05, 4.69) is 15.5 Å². The standard InChI is InChI=1S/C30H28N6O5/c1-41-25-12-5-3-10-23(25)26-32-33-29-35(27(37)22-9-2-4-11-24(22)36(26)29)18-19-7-6-8-21(17-19)31-30(40)34-15-13-20(14-16-34)28(38)39/h2-12,17,20H,13-16,18H2,1H3,(H,31,40)(H,38,39). The van der Waals surface area contributed by atoms with Gasteiger partial charge in [-0.15, -0.1) is 10.2 Å². The van der Waals surface area contributed by atoms with Crippen LogP contribution in [0.2, 0.25) is 0 Å². The van der Waals surface area contributed by atoms with Crippen LogP contribution in [-0.2, 0) is 11.3 Å². The fourth-order valence-corrected chi connectivity index (χ4v) is 5.37. The number of carbonyl (C=O) groups is 2. The Bertz CT molecular complexity index is 1840. The average Bonchev–Trinajstić information content (AvgIpc) is 3.44. The number of aromatic nitrogens is 4. The molecule has 1 aliphatic rings. The molecule has 2 amide bonds. The number of nitrogens with one attached hydrogen (secondary N) is 1. The number of carbonyl (C=O) groups excluding carboxylic acids is 1. The van der Waals surface area contributed by atoms with Gasteiger partial charge in [0, 0.05) is 18.8 Å². The zero-order valence-corrected chi connectivity index (χ0v) is 22.4. The molecule has 0 saturated carbocycles. The van der Waals surface area contributed by atoms with Gasteiger partial charge in [0.2, 0.25) is 5.78 Å². The van der Waals surface area contributed by atoms with E-state index < -0.39 is 11.9 Å². The highest BCUT2D eigenvalue weighted by atomic mass is 16.5. The van der Waals surface area contributed by atoms with Crippen LogP contribution in [0.5, 0.6) is 5.75 Å². The van der Waals surface area contributed by atoms with Crippen LogP contribution < -0.4 is 15.6 Å². The Morgan fingerprint density at radius 2 is 1.76 bits per heavy atom. The molecule has 0 bridgehead atoms. The van der Waals surface area contributed by atoms with E-state index in [0.717, 1.165) is 11.1 Å². The summed E-state index contributed by atoms with van der Waals surface area (Å²) < 4.78 is 9.01. The number of methoxy groups -OCH3 is 1. The van der Waals surface area contributed by atoms with Crippen molar-refractivity contribution in [3.05, 3.63) is 88.7 Å². The van der Waals surface area contributed by atoms with E-state index in [4.69, 9.17) is 4.74 Å². The van der Waals surface area contributed by atoms with Crippen molar-refractivity contribution in [1.82, 2.24) is 24.1 Å². The van der Waals surface area contributed by atoms with Crippen LogP contribution in [0, 0.1) is 5.92 Å². The van der Waals surface area contributed by atoms with Crippen molar-refractivity contribution in [1.29, 1.82) is 0 Å². The summed E-state index contributed by atoms with van der Waals surface area (Å²) in [5.41, 5.74) is 2.59. The van der Waals surface area contributed by atoms with Gasteiger partial charge in [0.25, 0.3) is 5.56 Å². The number of anilines is 1. The predicted octanol–water partition coefficient (Wildman–Crippen LogP) is 4.10. The van der Waals surface area contributed by atoms with Gasteiger partial charge in [0.15, 0.2) is 5.82 Å². The molecule has 5 aromatic rings. The number of rotatable bonds is 6. The average molecular weight is 553 g/mol. The summed E-state index contributed by atoms with van der Waals surface area (Å²) in [7, 11) is 1.60. The van der Waals surface area contributed by atoms with Gasteiger partial charge in [-0.25, -0.2) is 4.79 Å². The van der Waals surface area contributed by atoms with Crippen molar-refractivity contribution in [3.8, 4) is 17.1 Å². The third-order valence-electron chi connectivity index (χ3n) is 7.51. The van der Waals surface area contributed by atoms with E-state index >= 15 is 0 Å². The highest BCUT2D eigenvalue weighted by Gasteiger charge is 2.27. The summed E-state index contributed by atoms with van der Waals surface area (Å²) in [5.74, 6) is 0.332. The Morgan fingerprint density at radius 3 is 2.54 bits per heavy atom. The van der Waals surface area contributed by atoms with E-state index in [0.29, 0.717) is 59.9 Å². The number of piperidine rings is 1. The van der Waals surface area contributed by atoms with Gasteiger partial charge in [-0.05, 0) is 54.8 Å². The van der Waals surface area contributed by atoms with Crippen molar-refractivity contribution in [2.75, 3.05) is 25.5 Å². The lowest BCUT2D eigenvalue weighted by molar-refractivity contribution is -0.143. The number of hydrogen-bond donors (Lipinski definition) is 2. The lowest BCUT2D eigenvalue weighted by atomic mass is 9.97.